The van der Waals surface area contributed by atoms with Gasteiger partial charge < -0.3 is 14.2 Å². The Kier molecular flexibility index (Phi) is 4.06. The first kappa shape index (κ1) is 13.9. The van der Waals surface area contributed by atoms with Crippen molar-refractivity contribution in [3.8, 4) is 0 Å². The highest BCUT2D eigenvalue weighted by molar-refractivity contribution is 7.12. The Labute approximate surface area is 126 Å². The maximum atomic E-state index is 12.3. The van der Waals surface area contributed by atoms with Crippen molar-refractivity contribution in [1.29, 1.82) is 0 Å². The summed E-state index contributed by atoms with van der Waals surface area (Å²) in [5, 5.41) is 1.90. The molecule has 0 N–H and O–H groups in total. The Morgan fingerprint density at radius 3 is 2.38 bits per heavy atom. The zero-order chi connectivity index (χ0) is 14.7. The molecule has 3 heterocycles. The van der Waals surface area contributed by atoms with E-state index in [0.29, 0.717) is 31.9 Å². The first-order valence-electron chi connectivity index (χ1n) is 6.91. The van der Waals surface area contributed by atoms with Gasteiger partial charge in [-0.2, -0.15) is 0 Å². The molecule has 0 radical (unpaired) electrons. The lowest BCUT2D eigenvalue weighted by Gasteiger charge is -2.21. The third-order valence-corrected chi connectivity index (χ3v) is 4.39. The fourth-order valence-electron chi connectivity index (χ4n) is 2.44. The van der Waals surface area contributed by atoms with Crippen LogP contribution >= 0.6 is 11.3 Å². The van der Waals surface area contributed by atoms with Gasteiger partial charge in [0.1, 0.15) is 0 Å². The van der Waals surface area contributed by atoms with Gasteiger partial charge in [-0.3, -0.25) is 9.59 Å². The standard InChI is InChI=1S/C15H16N2O3S/c18-14(12-4-1-10-20-12)16-6-3-7-17(9-8-16)15(19)13-5-2-11-21-13/h1-2,4-5,10-11H,3,6-9H2. The molecule has 0 aromatic carbocycles. The molecule has 2 amide bonds. The van der Waals surface area contributed by atoms with Crippen LogP contribution in [0.25, 0.3) is 0 Å². The van der Waals surface area contributed by atoms with Gasteiger partial charge in [-0.1, -0.05) is 6.07 Å². The topological polar surface area (TPSA) is 53.8 Å². The second-order valence-electron chi connectivity index (χ2n) is 4.89. The maximum absolute atomic E-state index is 12.3. The molecule has 0 bridgehead atoms. The smallest absolute Gasteiger partial charge is 0.289 e. The van der Waals surface area contributed by atoms with Crippen molar-refractivity contribution in [2.45, 2.75) is 6.42 Å². The Hall–Kier alpha value is -2.08. The Morgan fingerprint density at radius 1 is 1.00 bits per heavy atom. The van der Waals surface area contributed by atoms with Crippen LogP contribution in [0.3, 0.4) is 0 Å². The van der Waals surface area contributed by atoms with Gasteiger partial charge in [-0.25, -0.2) is 0 Å². The minimum atomic E-state index is -0.106. The molecule has 1 aliphatic heterocycles. The largest absolute Gasteiger partial charge is 0.459 e. The van der Waals surface area contributed by atoms with Crippen LogP contribution in [-0.4, -0.2) is 47.8 Å². The highest BCUT2D eigenvalue weighted by atomic mass is 32.1. The van der Waals surface area contributed by atoms with E-state index >= 15 is 0 Å². The molecule has 2 aromatic rings. The van der Waals surface area contributed by atoms with Gasteiger partial charge in [-0.15, -0.1) is 11.3 Å². The van der Waals surface area contributed by atoms with E-state index in [1.807, 2.05) is 22.4 Å². The highest BCUT2D eigenvalue weighted by Gasteiger charge is 2.24. The molecular formula is C15H16N2O3S. The van der Waals surface area contributed by atoms with Gasteiger partial charge in [0.05, 0.1) is 11.1 Å². The number of furan rings is 1. The Balaban J connectivity index is 1.64. The summed E-state index contributed by atoms with van der Waals surface area (Å²) in [7, 11) is 0. The summed E-state index contributed by atoms with van der Waals surface area (Å²) in [6, 6.07) is 7.09. The molecule has 2 aromatic heterocycles. The SMILES string of the molecule is O=C(c1ccco1)N1CCCN(C(=O)c2cccs2)CC1. The van der Waals surface area contributed by atoms with Crippen LogP contribution < -0.4 is 0 Å². The molecule has 1 fully saturated rings. The van der Waals surface area contributed by atoms with E-state index in [9.17, 15) is 9.59 Å². The van der Waals surface area contributed by atoms with Crippen LogP contribution in [0, 0.1) is 0 Å². The molecule has 6 heteroatoms. The monoisotopic (exact) mass is 304 g/mol. The zero-order valence-electron chi connectivity index (χ0n) is 11.5. The van der Waals surface area contributed by atoms with Crippen LogP contribution in [0.4, 0.5) is 0 Å². The van der Waals surface area contributed by atoms with Crippen molar-refractivity contribution >= 4 is 23.2 Å². The van der Waals surface area contributed by atoms with E-state index in [4.69, 9.17) is 4.42 Å². The van der Waals surface area contributed by atoms with Crippen molar-refractivity contribution in [3.05, 3.63) is 46.5 Å². The maximum Gasteiger partial charge on any atom is 0.289 e. The first-order valence-corrected chi connectivity index (χ1v) is 7.79. The molecule has 3 rings (SSSR count). The summed E-state index contributed by atoms with van der Waals surface area (Å²) in [4.78, 5) is 28.9. The number of amides is 2. The van der Waals surface area contributed by atoms with Gasteiger partial charge in [0.2, 0.25) is 0 Å². The molecule has 0 spiro atoms. The van der Waals surface area contributed by atoms with Crippen LogP contribution in [0.1, 0.15) is 26.6 Å². The zero-order valence-corrected chi connectivity index (χ0v) is 12.3. The number of carbonyl (C=O) groups excluding carboxylic acids is 2. The fraction of sp³-hybridized carbons (Fsp3) is 0.333. The minimum Gasteiger partial charge on any atom is -0.459 e. The van der Waals surface area contributed by atoms with Crippen molar-refractivity contribution in [1.82, 2.24) is 9.80 Å². The van der Waals surface area contributed by atoms with Crippen LogP contribution in [0.15, 0.2) is 40.3 Å². The predicted octanol–water partition coefficient (Wildman–Crippen LogP) is 2.33. The number of hydrogen-bond acceptors (Lipinski definition) is 4. The third-order valence-electron chi connectivity index (χ3n) is 3.53. The first-order chi connectivity index (χ1) is 10.3. The lowest BCUT2D eigenvalue weighted by Crippen LogP contribution is -2.37. The van der Waals surface area contributed by atoms with Crippen molar-refractivity contribution in [3.63, 3.8) is 0 Å². The third kappa shape index (κ3) is 3.00. The lowest BCUT2D eigenvalue weighted by atomic mass is 10.3. The highest BCUT2D eigenvalue weighted by Crippen LogP contribution is 2.15. The van der Waals surface area contributed by atoms with Gasteiger partial charge in [0.15, 0.2) is 5.76 Å². The Bertz CT molecular complexity index is 553. The number of hydrogen-bond donors (Lipinski definition) is 0. The summed E-state index contributed by atoms with van der Waals surface area (Å²) < 4.78 is 5.15. The minimum absolute atomic E-state index is 0.0531. The molecule has 110 valence electrons. The number of nitrogens with zero attached hydrogens (tertiary/aromatic N) is 2. The second kappa shape index (κ2) is 6.13. The van der Waals surface area contributed by atoms with Crippen LogP contribution in [-0.2, 0) is 0 Å². The van der Waals surface area contributed by atoms with Gasteiger partial charge in [-0.05, 0) is 30.0 Å². The van der Waals surface area contributed by atoms with Gasteiger partial charge in [0.25, 0.3) is 11.8 Å². The summed E-state index contributed by atoms with van der Waals surface area (Å²) in [5.74, 6) is 0.302. The van der Waals surface area contributed by atoms with E-state index in [1.165, 1.54) is 17.6 Å². The van der Waals surface area contributed by atoms with Crippen LogP contribution in [0.2, 0.25) is 0 Å². The van der Waals surface area contributed by atoms with Gasteiger partial charge >= 0.3 is 0 Å². The average Bonchev–Trinajstić information content (AvgIpc) is 3.15. The number of carbonyl (C=O) groups is 2. The molecule has 0 unspecified atom stereocenters. The summed E-state index contributed by atoms with van der Waals surface area (Å²) >= 11 is 1.45. The number of rotatable bonds is 2. The molecule has 5 nitrogen and oxygen atoms in total. The summed E-state index contributed by atoms with van der Waals surface area (Å²) in [6.45, 7) is 2.42. The quantitative estimate of drug-likeness (QED) is 0.855. The second-order valence-corrected chi connectivity index (χ2v) is 5.84. The molecule has 0 saturated carbocycles. The molecule has 0 aliphatic carbocycles. The summed E-state index contributed by atoms with van der Waals surface area (Å²) in [6.07, 6.45) is 2.28. The van der Waals surface area contributed by atoms with E-state index < -0.39 is 0 Å². The normalized spacial score (nSPS) is 15.8. The fourth-order valence-corrected chi connectivity index (χ4v) is 3.13. The number of thiophene rings is 1. The molecule has 21 heavy (non-hydrogen) atoms. The van der Waals surface area contributed by atoms with E-state index in [0.717, 1.165) is 11.3 Å². The van der Waals surface area contributed by atoms with Crippen molar-refractivity contribution < 1.29 is 14.0 Å². The van der Waals surface area contributed by atoms with E-state index in [-0.39, 0.29) is 11.8 Å². The molecule has 1 saturated heterocycles. The average molecular weight is 304 g/mol. The van der Waals surface area contributed by atoms with Crippen molar-refractivity contribution in [2.75, 3.05) is 26.2 Å². The molecular weight excluding hydrogens is 288 g/mol. The lowest BCUT2D eigenvalue weighted by molar-refractivity contribution is 0.0702. The molecule has 0 atom stereocenters. The predicted molar refractivity (Wildman–Crippen MR) is 79.5 cm³/mol. The van der Waals surface area contributed by atoms with Crippen LogP contribution in [0.5, 0.6) is 0 Å². The van der Waals surface area contributed by atoms with E-state index in [1.54, 1.807) is 17.0 Å². The van der Waals surface area contributed by atoms with Gasteiger partial charge in [0, 0.05) is 26.2 Å². The Morgan fingerprint density at radius 2 is 1.76 bits per heavy atom. The van der Waals surface area contributed by atoms with Crippen molar-refractivity contribution in [2.24, 2.45) is 0 Å². The summed E-state index contributed by atoms with van der Waals surface area (Å²) in [5.41, 5.74) is 0. The molecule has 1 aliphatic rings. The van der Waals surface area contributed by atoms with E-state index in [2.05, 4.69) is 0 Å².